The van der Waals surface area contributed by atoms with Crippen LogP contribution in [0.1, 0.15) is 44.5 Å². The molecule has 67 heavy (non-hydrogen) atoms. The van der Waals surface area contributed by atoms with Crippen molar-refractivity contribution >= 4 is 66.4 Å². The third-order valence-electron chi connectivity index (χ3n) is 14.5. The molecular formula is C65H48N2. The van der Waals surface area contributed by atoms with Crippen LogP contribution in [-0.2, 0) is 5.41 Å². The predicted molar refractivity (Wildman–Crippen MR) is 284 cm³/mol. The van der Waals surface area contributed by atoms with E-state index < -0.39 is 5.41 Å². The van der Waals surface area contributed by atoms with Gasteiger partial charge in [0.25, 0.3) is 0 Å². The van der Waals surface area contributed by atoms with Crippen molar-refractivity contribution in [3.63, 3.8) is 0 Å². The summed E-state index contributed by atoms with van der Waals surface area (Å²) in [4.78, 5) is 4.82. The molecule has 0 saturated heterocycles. The highest BCUT2D eigenvalue weighted by Crippen LogP contribution is 2.66. The molecule has 0 saturated carbocycles. The first-order valence-corrected chi connectivity index (χ1v) is 23.5. The molecule has 0 aromatic heterocycles. The zero-order chi connectivity index (χ0) is 45.0. The van der Waals surface area contributed by atoms with Crippen molar-refractivity contribution in [2.75, 3.05) is 9.80 Å². The molecule has 318 valence electrons. The standard InChI is InChI=1S/C65H48N2/c1-41-33-42(2)36-52(35-41)66(48-16-7-5-8-17-48)50-26-30-55-46(39-50)23-28-57-58-29-24-47-40-51(67(49-18-9-6-10-19-49)53-37-43(3)34-44(4)38-53)27-31-56(47)64(58)65(63(55)57)60-22-14-13-21-59(60)62-54-20-12-11-15-45(54)25-32-61(62)65/h5-40H,1-4H3. The summed E-state index contributed by atoms with van der Waals surface area (Å²) < 4.78 is 0. The van der Waals surface area contributed by atoms with E-state index in [-0.39, 0.29) is 0 Å². The Morgan fingerprint density at radius 1 is 0.284 bits per heavy atom. The largest absolute Gasteiger partial charge is 0.310 e. The molecule has 2 aliphatic carbocycles. The Bertz CT molecular complexity index is 3580. The van der Waals surface area contributed by atoms with Crippen molar-refractivity contribution in [2.24, 2.45) is 0 Å². The van der Waals surface area contributed by atoms with E-state index >= 15 is 0 Å². The summed E-state index contributed by atoms with van der Waals surface area (Å²) in [6.45, 7) is 8.76. The van der Waals surface area contributed by atoms with Crippen LogP contribution in [0.3, 0.4) is 0 Å². The van der Waals surface area contributed by atoms with Gasteiger partial charge in [-0.1, -0.05) is 146 Å². The van der Waals surface area contributed by atoms with Crippen molar-refractivity contribution in [3.8, 4) is 22.3 Å². The van der Waals surface area contributed by atoms with Crippen LogP contribution in [0.5, 0.6) is 0 Å². The molecule has 11 aromatic carbocycles. The molecule has 2 aliphatic rings. The minimum Gasteiger partial charge on any atom is -0.310 e. The highest BCUT2D eigenvalue weighted by molar-refractivity contribution is 6.13. The predicted octanol–water partition coefficient (Wildman–Crippen LogP) is 17.7. The van der Waals surface area contributed by atoms with E-state index in [9.17, 15) is 0 Å². The van der Waals surface area contributed by atoms with Crippen LogP contribution in [0.15, 0.2) is 218 Å². The SMILES string of the molecule is Cc1cc(C)cc(N(c2ccccc2)c2ccc3c4c(ccc3c2)-c2ccc3cc(N(c5ccccc5)c5cc(C)cc(C)c5)ccc3c2C42c3ccccc3-c3c2ccc2ccccc32)c1. The van der Waals surface area contributed by atoms with E-state index in [0.717, 1.165) is 34.1 Å². The maximum absolute atomic E-state index is 2.45. The first kappa shape index (κ1) is 39.2. The number of anilines is 6. The fourth-order valence-electron chi connectivity index (χ4n) is 12.1. The Kier molecular flexibility index (Phi) is 8.73. The molecule has 11 aromatic rings. The summed E-state index contributed by atoms with van der Waals surface area (Å²) in [5.41, 5.74) is 21.9. The fourth-order valence-corrected chi connectivity index (χ4v) is 12.1. The summed E-state index contributed by atoms with van der Waals surface area (Å²) in [7, 11) is 0. The van der Waals surface area contributed by atoms with Gasteiger partial charge < -0.3 is 9.80 Å². The highest BCUT2D eigenvalue weighted by Gasteiger charge is 2.53. The average molecular weight is 857 g/mol. The quantitative estimate of drug-likeness (QED) is 0.164. The van der Waals surface area contributed by atoms with Crippen molar-refractivity contribution < 1.29 is 0 Å². The van der Waals surface area contributed by atoms with Gasteiger partial charge in [0.1, 0.15) is 0 Å². The van der Waals surface area contributed by atoms with Crippen LogP contribution in [0, 0.1) is 27.7 Å². The summed E-state index contributed by atoms with van der Waals surface area (Å²) in [5.74, 6) is 0. The van der Waals surface area contributed by atoms with Crippen LogP contribution in [-0.4, -0.2) is 0 Å². The van der Waals surface area contributed by atoms with Gasteiger partial charge in [-0.15, -0.1) is 0 Å². The number of fused-ring (bicyclic) bond motifs is 16. The van der Waals surface area contributed by atoms with Gasteiger partial charge in [0, 0.05) is 34.1 Å². The normalized spacial score (nSPS) is 12.9. The van der Waals surface area contributed by atoms with Crippen LogP contribution in [0.2, 0.25) is 0 Å². The number of benzene rings is 11. The Labute approximate surface area is 392 Å². The van der Waals surface area contributed by atoms with Gasteiger partial charge in [-0.25, -0.2) is 0 Å². The number of hydrogen-bond acceptors (Lipinski definition) is 2. The van der Waals surface area contributed by atoms with Gasteiger partial charge in [-0.05, 0) is 200 Å². The van der Waals surface area contributed by atoms with Gasteiger partial charge in [0.15, 0.2) is 0 Å². The van der Waals surface area contributed by atoms with Gasteiger partial charge in [0.2, 0.25) is 0 Å². The molecule has 0 N–H and O–H groups in total. The second-order valence-electron chi connectivity index (χ2n) is 18.8. The zero-order valence-corrected chi connectivity index (χ0v) is 38.2. The maximum atomic E-state index is 2.45. The summed E-state index contributed by atoms with van der Waals surface area (Å²) in [5, 5.41) is 7.55. The molecule has 0 atom stereocenters. The van der Waals surface area contributed by atoms with Gasteiger partial charge in [-0.3, -0.25) is 0 Å². The molecule has 0 radical (unpaired) electrons. The molecule has 2 heteroatoms. The summed E-state index contributed by atoms with van der Waals surface area (Å²) in [6.07, 6.45) is 0. The first-order valence-electron chi connectivity index (χ1n) is 23.5. The third-order valence-corrected chi connectivity index (χ3v) is 14.5. The molecule has 0 unspecified atom stereocenters. The van der Waals surface area contributed by atoms with Gasteiger partial charge in [-0.2, -0.15) is 0 Å². The first-order chi connectivity index (χ1) is 32.8. The zero-order valence-electron chi connectivity index (χ0n) is 38.2. The molecule has 2 nitrogen and oxygen atoms in total. The number of para-hydroxylation sites is 2. The average Bonchev–Trinajstić information content (AvgIpc) is 3.82. The van der Waals surface area contributed by atoms with Crippen LogP contribution in [0.4, 0.5) is 34.1 Å². The van der Waals surface area contributed by atoms with E-state index in [1.165, 1.54) is 99.1 Å². The van der Waals surface area contributed by atoms with Gasteiger partial charge >= 0.3 is 0 Å². The lowest BCUT2D eigenvalue weighted by atomic mass is 9.68. The van der Waals surface area contributed by atoms with E-state index in [2.05, 4.69) is 256 Å². The lowest BCUT2D eigenvalue weighted by molar-refractivity contribution is 0.810. The van der Waals surface area contributed by atoms with E-state index in [0.29, 0.717) is 0 Å². The Morgan fingerprint density at radius 2 is 0.746 bits per heavy atom. The number of nitrogens with zero attached hydrogens (tertiary/aromatic N) is 2. The minimum atomic E-state index is -0.581. The lowest BCUT2D eigenvalue weighted by Crippen LogP contribution is -2.26. The lowest BCUT2D eigenvalue weighted by Gasteiger charge is -2.33. The van der Waals surface area contributed by atoms with E-state index in [1.54, 1.807) is 0 Å². The van der Waals surface area contributed by atoms with E-state index in [4.69, 9.17) is 0 Å². The molecule has 1 spiro atoms. The number of hydrogen-bond donors (Lipinski definition) is 0. The second kappa shape index (κ2) is 14.9. The number of aryl methyl sites for hydroxylation is 4. The Balaban J connectivity index is 1.09. The van der Waals surface area contributed by atoms with Crippen molar-refractivity contribution in [1.29, 1.82) is 0 Å². The van der Waals surface area contributed by atoms with Crippen LogP contribution < -0.4 is 9.80 Å². The maximum Gasteiger partial charge on any atom is 0.0737 e. The number of rotatable bonds is 6. The molecule has 13 rings (SSSR count). The van der Waals surface area contributed by atoms with Crippen molar-refractivity contribution in [3.05, 3.63) is 263 Å². The minimum absolute atomic E-state index is 0.581. The van der Waals surface area contributed by atoms with Crippen molar-refractivity contribution in [2.45, 2.75) is 33.1 Å². The van der Waals surface area contributed by atoms with Crippen LogP contribution >= 0.6 is 0 Å². The molecule has 0 bridgehead atoms. The topological polar surface area (TPSA) is 6.48 Å². The summed E-state index contributed by atoms with van der Waals surface area (Å²) >= 11 is 0. The molecular weight excluding hydrogens is 809 g/mol. The summed E-state index contributed by atoms with van der Waals surface area (Å²) in [6, 6.07) is 82.2. The highest BCUT2D eigenvalue weighted by atomic mass is 15.1. The third kappa shape index (κ3) is 5.89. The molecule has 0 heterocycles. The monoisotopic (exact) mass is 856 g/mol. The van der Waals surface area contributed by atoms with E-state index in [1.807, 2.05) is 0 Å². The smallest absolute Gasteiger partial charge is 0.0737 e. The van der Waals surface area contributed by atoms with Crippen LogP contribution in [0.25, 0.3) is 54.6 Å². The fraction of sp³-hybridized carbons (Fsp3) is 0.0769. The Morgan fingerprint density at radius 3 is 1.28 bits per heavy atom. The van der Waals surface area contributed by atoms with Gasteiger partial charge in [0.05, 0.1) is 5.41 Å². The van der Waals surface area contributed by atoms with Crippen molar-refractivity contribution in [1.82, 2.24) is 0 Å². The Hall–Kier alpha value is -8.20. The molecule has 0 aliphatic heterocycles. The molecule has 0 fully saturated rings. The molecule has 0 amide bonds. The second-order valence-corrected chi connectivity index (χ2v) is 18.8.